The average molecular weight is 384 g/mol. The second kappa shape index (κ2) is 7.79. The molecule has 6 nitrogen and oxygen atoms in total. The van der Waals surface area contributed by atoms with E-state index in [0.29, 0.717) is 11.8 Å². The minimum atomic E-state index is -3.98. The van der Waals surface area contributed by atoms with E-state index in [-0.39, 0.29) is 28.6 Å². The number of carbonyl (C=O) groups excluding carboxylic acids is 1. The smallest absolute Gasteiger partial charge is 0.243 e. The highest BCUT2D eigenvalue weighted by molar-refractivity contribution is 7.89. The number of nitrogens with zero attached hydrogens (tertiary/aromatic N) is 1. The third-order valence-corrected chi connectivity index (χ3v) is 5.40. The number of ether oxygens (including phenoxy) is 1. The number of rotatable bonds is 6. The zero-order valence-electron chi connectivity index (χ0n) is 14.4. The second-order valence-electron chi connectivity index (χ2n) is 5.54. The molecule has 0 atom stereocenters. The molecule has 26 heavy (non-hydrogen) atoms. The van der Waals surface area contributed by atoms with Gasteiger partial charge in [-0.25, -0.2) is 17.2 Å². The number of carbonyl (C=O) groups is 1. The number of nitrogens with one attached hydrogen (secondary N) is 1. The van der Waals surface area contributed by atoms with Crippen LogP contribution in [0.3, 0.4) is 0 Å². The van der Waals surface area contributed by atoms with Crippen LogP contribution < -0.4 is 10.1 Å². The van der Waals surface area contributed by atoms with Crippen LogP contribution in [0, 0.1) is 11.6 Å². The molecule has 0 bridgehead atoms. The molecule has 0 fully saturated rings. The number of halogens is 2. The summed E-state index contributed by atoms with van der Waals surface area (Å²) in [7, 11) is -1.32. The van der Waals surface area contributed by atoms with E-state index in [9.17, 15) is 22.0 Å². The van der Waals surface area contributed by atoms with Gasteiger partial charge < -0.3 is 10.1 Å². The quantitative estimate of drug-likeness (QED) is 0.831. The third kappa shape index (κ3) is 4.36. The summed E-state index contributed by atoms with van der Waals surface area (Å²) in [5, 5.41) is 2.49. The van der Waals surface area contributed by atoms with Crippen molar-refractivity contribution in [2.45, 2.75) is 18.4 Å². The molecule has 2 aromatic carbocycles. The summed E-state index contributed by atoms with van der Waals surface area (Å²) in [5.74, 6) is -1.67. The number of benzene rings is 2. The molecular weight excluding hydrogens is 366 g/mol. The topological polar surface area (TPSA) is 75.7 Å². The van der Waals surface area contributed by atoms with Crippen LogP contribution >= 0.6 is 0 Å². The molecule has 0 saturated heterocycles. The number of methoxy groups -OCH3 is 1. The van der Waals surface area contributed by atoms with Crippen LogP contribution in [0.2, 0.25) is 0 Å². The Bertz CT molecular complexity index is 932. The van der Waals surface area contributed by atoms with Crippen molar-refractivity contribution in [1.29, 1.82) is 0 Å². The zero-order valence-corrected chi connectivity index (χ0v) is 15.2. The molecular formula is C17H18F2N2O4S. The fraction of sp³-hybridized carbons (Fsp3) is 0.235. The summed E-state index contributed by atoms with van der Waals surface area (Å²) < 4.78 is 58.2. The van der Waals surface area contributed by atoms with Gasteiger partial charge in [0.25, 0.3) is 0 Å². The molecule has 0 aliphatic carbocycles. The van der Waals surface area contributed by atoms with Crippen LogP contribution in [0.5, 0.6) is 5.75 Å². The lowest BCUT2D eigenvalue weighted by atomic mass is 10.2. The molecule has 0 unspecified atom stereocenters. The van der Waals surface area contributed by atoms with Crippen molar-refractivity contribution in [2.24, 2.45) is 0 Å². The number of anilines is 1. The van der Waals surface area contributed by atoms with Crippen molar-refractivity contribution in [3.8, 4) is 5.75 Å². The molecule has 0 heterocycles. The first-order valence-electron chi connectivity index (χ1n) is 7.51. The maximum atomic E-state index is 13.8. The fourth-order valence-electron chi connectivity index (χ4n) is 2.29. The average Bonchev–Trinajstić information content (AvgIpc) is 2.56. The van der Waals surface area contributed by atoms with Crippen LogP contribution in [0.1, 0.15) is 12.5 Å². The Kier molecular flexibility index (Phi) is 5.94. The Morgan fingerprint density at radius 3 is 2.46 bits per heavy atom. The molecule has 0 spiro atoms. The van der Waals surface area contributed by atoms with E-state index in [1.165, 1.54) is 45.3 Å². The van der Waals surface area contributed by atoms with E-state index in [2.05, 4.69) is 5.32 Å². The maximum Gasteiger partial charge on any atom is 0.243 e. The Hall–Kier alpha value is -2.52. The van der Waals surface area contributed by atoms with E-state index < -0.39 is 21.7 Å². The molecule has 1 amide bonds. The van der Waals surface area contributed by atoms with Crippen LogP contribution in [0.15, 0.2) is 41.3 Å². The monoisotopic (exact) mass is 384 g/mol. The number of hydrogen-bond acceptors (Lipinski definition) is 4. The second-order valence-corrected chi connectivity index (χ2v) is 7.58. The molecule has 0 saturated carbocycles. The van der Waals surface area contributed by atoms with Gasteiger partial charge in [0.05, 0.1) is 17.7 Å². The Morgan fingerprint density at radius 2 is 1.88 bits per heavy atom. The zero-order chi connectivity index (χ0) is 19.5. The first kappa shape index (κ1) is 19.8. The van der Waals surface area contributed by atoms with Gasteiger partial charge in [-0.05, 0) is 24.3 Å². The highest BCUT2D eigenvalue weighted by Gasteiger charge is 2.23. The van der Waals surface area contributed by atoms with Gasteiger partial charge in [-0.2, -0.15) is 4.31 Å². The van der Waals surface area contributed by atoms with Crippen LogP contribution in [-0.4, -0.2) is 32.8 Å². The largest absolute Gasteiger partial charge is 0.495 e. The van der Waals surface area contributed by atoms with Gasteiger partial charge in [0.2, 0.25) is 15.9 Å². The molecule has 1 N–H and O–H groups in total. The lowest BCUT2D eigenvalue weighted by molar-refractivity contribution is -0.114. The van der Waals surface area contributed by atoms with Crippen molar-refractivity contribution >= 4 is 21.6 Å². The molecule has 0 aromatic heterocycles. The highest BCUT2D eigenvalue weighted by atomic mass is 32.2. The summed E-state index contributed by atoms with van der Waals surface area (Å²) in [5.41, 5.74) is 0.232. The molecule has 140 valence electrons. The Balaban J connectivity index is 2.34. The van der Waals surface area contributed by atoms with Crippen LogP contribution in [0.25, 0.3) is 0 Å². The molecule has 2 rings (SSSR count). The van der Waals surface area contributed by atoms with E-state index in [4.69, 9.17) is 4.74 Å². The Labute approximate surface area is 150 Å². The summed E-state index contributed by atoms with van der Waals surface area (Å²) in [6.45, 7) is 1.000. The molecule has 2 aromatic rings. The van der Waals surface area contributed by atoms with Gasteiger partial charge in [-0.15, -0.1) is 0 Å². The van der Waals surface area contributed by atoms with Gasteiger partial charge >= 0.3 is 0 Å². The fourth-order valence-corrected chi connectivity index (χ4v) is 3.47. The van der Waals surface area contributed by atoms with Gasteiger partial charge in [-0.3, -0.25) is 4.79 Å². The van der Waals surface area contributed by atoms with E-state index >= 15 is 0 Å². The highest BCUT2D eigenvalue weighted by Crippen LogP contribution is 2.29. The van der Waals surface area contributed by atoms with E-state index in [1.54, 1.807) is 0 Å². The van der Waals surface area contributed by atoms with Gasteiger partial charge in [0, 0.05) is 32.1 Å². The third-order valence-electron chi connectivity index (χ3n) is 3.60. The lowest BCUT2D eigenvalue weighted by Gasteiger charge is -2.19. The molecule has 0 radical (unpaired) electrons. The minimum Gasteiger partial charge on any atom is -0.495 e. The minimum absolute atomic E-state index is 0.0353. The molecule has 9 heteroatoms. The molecule has 0 aliphatic heterocycles. The van der Waals surface area contributed by atoms with Crippen LogP contribution in [0.4, 0.5) is 14.5 Å². The first-order chi connectivity index (χ1) is 12.1. The number of sulfonamides is 1. The Morgan fingerprint density at radius 1 is 1.19 bits per heavy atom. The predicted octanol–water partition coefficient (Wildman–Crippen LogP) is 2.75. The summed E-state index contributed by atoms with van der Waals surface area (Å²) in [4.78, 5) is 11.2. The molecule has 0 aliphatic rings. The summed E-state index contributed by atoms with van der Waals surface area (Å²) in [6, 6.07) is 6.92. The van der Waals surface area contributed by atoms with Crippen molar-refractivity contribution in [3.63, 3.8) is 0 Å². The predicted molar refractivity (Wildman–Crippen MR) is 92.3 cm³/mol. The summed E-state index contributed by atoms with van der Waals surface area (Å²) in [6.07, 6.45) is 0. The van der Waals surface area contributed by atoms with Crippen molar-refractivity contribution in [2.75, 3.05) is 19.5 Å². The van der Waals surface area contributed by atoms with Gasteiger partial charge in [0.15, 0.2) is 0 Å². The lowest BCUT2D eigenvalue weighted by Crippen LogP contribution is -2.27. The maximum absolute atomic E-state index is 13.8. The van der Waals surface area contributed by atoms with Gasteiger partial charge in [0.1, 0.15) is 17.4 Å². The van der Waals surface area contributed by atoms with Crippen molar-refractivity contribution in [1.82, 2.24) is 4.31 Å². The van der Waals surface area contributed by atoms with E-state index in [1.807, 2.05) is 0 Å². The van der Waals surface area contributed by atoms with Crippen molar-refractivity contribution < 1.29 is 26.7 Å². The standard InChI is InChI=1S/C17H18F2N2O4S/c1-11(22)20-16-9-14(6-7-17(16)25-3)26(23,24)21(2)10-12-4-5-13(18)8-15(12)19/h4-9H,10H2,1-3H3,(H,20,22). The normalized spacial score (nSPS) is 11.5. The summed E-state index contributed by atoms with van der Waals surface area (Å²) >= 11 is 0. The first-order valence-corrected chi connectivity index (χ1v) is 8.95. The SMILES string of the molecule is COc1ccc(S(=O)(=O)N(C)Cc2ccc(F)cc2F)cc1NC(C)=O. The number of hydrogen-bond donors (Lipinski definition) is 1. The van der Waals surface area contributed by atoms with E-state index in [0.717, 1.165) is 10.4 Å². The van der Waals surface area contributed by atoms with Gasteiger partial charge in [-0.1, -0.05) is 6.07 Å². The number of amides is 1. The van der Waals surface area contributed by atoms with Crippen LogP contribution in [-0.2, 0) is 21.4 Å². The van der Waals surface area contributed by atoms with Crippen molar-refractivity contribution in [3.05, 3.63) is 53.6 Å².